The molecule has 1 aliphatic rings. The highest BCUT2D eigenvalue weighted by molar-refractivity contribution is 6.31. The first-order chi connectivity index (χ1) is 9.01. The van der Waals surface area contributed by atoms with Crippen molar-refractivity contribution in [1.82, 2.24) is 14.9 Å². The van der Waals surface area contributed by atoms with Crippen molar-refractivity contribution >= 4 is 22.6 Å². The second-order valence-corrected chi connectivity index (χ2v) is 6.33. The average molecular weight is 278 g/mol. The third-order valence-electron chi connectivity index (χ3n) is 4.03. The molecule has 0 amide bonds. The average Bonchev–Trinajstić information content (AvgIpc) is 2.93. The van der Waals surface area contributed by atoms with Crippen LogP contribution in [0.1, 0.15) is 45.5 Å². The van der Waals surface area contributed by atoms with E-state index >= 15 is 0 Å². The molecule has 1 fully saturated rings. The van der Waals surface area contributed by atoms with Crippen LogP contribution in [-0.4, -0.2) is 16.1 Å². The van der Waals surface area contributed by atoms with E-state index in [4.69, 9.17) is 16.6 Å². The van der Waals surface area contributed by atoms with Crippen LogP contribution in [0.5, 0.6) is 0 Å². The monoisotopic (exact) mass is 277 g/mol. The number of halogens is 1. The summed E-state index contributed by atoms with van der Waals surface area (Å²) >= 11 is 6.09. The molecule has 1 aromatic heterocycles. The number of hydrogen-bond acceptors (Lipinski definition) is 2. The Hall–Kier alpha value is -1.06. The number of hydrogen-bond donors (Lipinski definition) is 1. The van der Waals surface area contributed by atoms with Crippen LogP contribution in [0.15, 0.2) is 18.2 Å². The molecule has 1 N–H and O–H groups in total. The number of nitrogens with zero attached hydrogens (tertiary/aromatic N) is 2. The molecule has 0 radical (unpaired) electrons. The van der Waals surface area contributed by atoms with Crippen LogP contribution in [0.4, 0.5) is 0 Å². The minimum absolute atomic E-state index is 0.0181. The molecular weight excluding hydrogens is 258 g/mol. The Bertz CT molecular complexity index is 609. The predicted octanol–water partition coefficient (Wildman–Crippen LogP) is 3.87. The topological polar surface area (TPSA) is 29.9 Å². The zero-order chi connectivity index (χ0) is 13.6. The van der Waals surface area contributed by atoms with Crippen molar-refractivity contribution in [2.75, 3.05) is 6.54 Å². The summed E-state index contributed by atoms with van der Waals surface area (Å²) in [7, 11) is 0. The van der Waals surface area contributed by atoms with Gasteiger partial charge in [-0.25, -0.2) is 4.98 Å². The summed E-state index contributed by atoms with van der Waals surface area (Å²) in [4.78, 5) is 4.86. The Balaban J connectivity index is 2.25. The quantitative estimate of drug-likeness (QED) is 0.903. The van der Waals surface area contributed by atoms with Crippen molar-refractivity contribution in [3.8, 4) is 0 Å². The first kappa shape index (κ1) is 12.9. The van der Waals surface area contributed by atoms with E-state index in [1.54, 1.807) is 0 Å². The van der Waals surface area contributed by atoms with E-state index in [2.05, 4.69) is 36.7 Å². The molecule has 3 nitrogen and oxygen atoms in total. The minimum Gasteiger partial charge on any atom is -0.324 e. The molecule has 19 heavy (non-hydrogen) atoms. The maximum atomic E-state index is 6.09. The van der Waals surface area contributed by atoms with Gasteiger partial charge >= 0.3 is 0 Å². The summed E-state index contributed by atoms with van der Waals surface area (Å²) < 4.78 is 2.34. The highest BCUT2D eigenvalue weighted by Crippen LogP contribution is 2.34. The molecule has 2 aromatic rings. The normalized spacial score (nSPS) is 23.6. The number of fused-ring (bicyclic) bond motifs is 1. The van der Waals surface area contributed by atoms with Gasteiger partial charge in [-0.3, -0.25) is 0 Å². The van der Waals surface area contributed by atoms with Crippen molar-refractivity contribution in [3.63, 3.8) is 0 Å². The van der Waals surface area contributed by atoms with E-state index in [-0.39, 0.29) is 5.54 Å². The number of imidazole rings is 1. The molecule has 1 aliphatic heterocycles. The summed E-state index contributed by atoms with van der Waals surface area (Å²) in [6.07, 6.45) is 2.34. The Kier molecular flexibility index (Phi) is 3.06. The van der Waals surface area contributed by atoms with E-state index in [1.165, 1.54) is 11.9 Å². The number of nitrogens with one attached hydrogen (secondary N) is 1. The van der Waals surface area contributed by atoms with Crippen LogP contribution >= 0.6 is 11.6 Å². The lowest BCUT2D eigenvalue weighted by Gasteiger charge is -2.26. The van der Waals surface area contributed by atoms with Gasteiger partial charge in [-0.1, -0.05) is 11.6 Å². The van der Waals surface area contributed by atoms with Crippen LogP contribution in [0.3, 0.4) is 0 Å². The van der Waals surface area contributed by atoms with Crippen molar-refractivity contribution in [2.24, 2.45) is 0 Å². The molecule has 0 saturated carbocycles. The van der Waals surface area contributed by atoms with Gasteiger partial charge in [0.2, 0.25) is 0 Å². The van der Waals surface area contributed by atoms with E-state index in [9.17, 15) is 0 Å². The minimum atomic E-state index is -0.0181. The highest BCUT2D eigenvalue weighted by atomic mass is 35.5. The summed E-state index contributed by atoms with van der Waals surface area (Å²) in [5.74, 6) is 1.14. The van der Waals surface area contributed by atoms with E-state index in [0.29, 0.717) is 6.04 Å². The van der Waals surface area contributed by atoms with Crippen molar-refractivity contribution in [3.05, 3.63) is 29.0 Å². The van der Waals surface area contributed by atoms with Crippen LogP contribution in [0.25, 0.3) is 11.0 Å². The maximum absolute atomic E-state index is 6.09. The van der Waals surface area contributed by atoms with Crippen LogP contribution < -0.4 is 5.32 Å². The van der Waals surface area contributed by atoms with Crippen molar-refractivity contribution < 1.29 is 0 Å². The lowest BCUT2D eigenvalue weighted by Crippen LogP contribution is -2.36. The summed E-state index contributed by atoms with van der Waals surface area (Å²) in [6, 6.07) is 6.36. The fourth-order valence-corrected chi connectivity index (χ4v) is 3.24. The lowest BCUT2D eigenvalue weighted by molar-refractivity contribution is 0.378. The molecule has 1 saturated heterocycles. The Morgan fingerprint density at radius 1 is 1.42 bits per heavy atom. The van der Waals surface area contributed by atoms with E-state index in [0.717, 1.165) is 29.3 Å². The molecule has 0 spiro atoms. The lowest BCUT2D eigenvalue weighted by atomic mass is 9.99. The molecule has 1 unspecified atom stereocenters. The highest BCUT2D eigenvalue weighted by Gasteiger charge is 2.35. The Morgan fingerprint density at radius 2 is 2.21 bits per heavy atom. The van der Waals surface area contributed by atoms with E-state index < -0.39 is 0 Å². The molecule has 0 aliphatic carbocycles. The van der Waals surface area contributed by atoms with E-state index in [1.807, 2.05) is 12.1 Å². The van der Waals surface area contributed by atoms with Gasteiger partial charge in [-0.15, -0.1) is 0 Å². The Labute approximate surface area is 119 Å². The third-order valence-corrected chi connectivity index (χ3v) is 4.27. The van der Waals surface area contributed by atoms with Crippen LogP contribution in [0, 0.1) is 0 Å². The molecule has 0 bridgehead atoms. The smallest absolute Gasteiger partial charge is 0.130 e. The molecular formula is C15H20ClN3. The number of rotatable bonds is 2. The standard InChI is InChI=1S/C15H20ClN3/c1-10(2)19-13-6-5-11(16)9-12(13)18-14(19)15(3)7-4-8-17-15/h5-6,9-10,17H,4,7-8H2,1-3H3. The van der Waals surface area contributed by atoms with Gasteiger partial charge in [0, 0.05) is 11.1 Å². The molecule has 102 valence electrons. The Morgan fingerprint density at radius 3 is 2.84 bits per heavy atom. The summed E-state index contributed by atoms with van der Waals surface area (Å²) in [5.41, 5.74) is 2.14. The molecule has 4 heteroatoms. The predicted molar refractivity (Wildman–Crippen MR) is 79.7 cm³/mol. The van der Waals surface area contributed by atoms with Crippen molar-refractivity contribution in [2.45, 2.75) is 45.2 Å². The van der Waals surface area contributed by atoms with Crippen LogP contribution in [-0.2, 0) is 5.54 Å². The first-order valence-electron chi connectivity index (χ1n) is 6.94. The zero-order valence-electron chi connectivity index (χ0n) is 11.7. The van der Waals surface area contributed by atoms with Crippen LogP contribution in [0.2, 0.25) is 5.02 Å². The first-order valence-corrected chi connectivity index (χ1v) is 7.32. The molecule has 3 rings (SSSR count). The van der Waals surface area contributed by atoms with Gasteiger partial charge in [-0.2, -0.15) is 0 Å². The second-order valence-electron chi connectivity index (χ2n) is 5.89. The SMILES string of the molecule is CC(C)n1c(C2(C)CCCN2)nc2cc(Cl)ccc21. The summed E-state index contributed by atoms with van der Waals surface area (Å²) in [5, 5.41) is 4.35. The molecule has 2 heterocycles. The van der Waals surface area contributed by atoms with Gasteiger partial charge in [-0.05, 0) is 58.4 Å². The fourth-order valence-electron chi connectivity index (χ4n) is 3.07. The fraction of sp³-hybridized carbons (Fsp3) is 0.533. The number of aromatic nitrogens is 2. The maximum Gasteiger partial charge on any atom is 0.130 e. The van der Waals surface area contributed by atoms with Gasteiger partial charge in [0.1, 0.15) is 5.82 Å². The summed E-state index contributed by atoms with van der Waals surface area (Å²) in [6.45, 7) is 7.73. The van der Waals surface area contributed by atoms with Crippen molar-refractivity contribution in [1.29, 1.82) is 0 Å². The number of benzene rings is 1. The van der Waals surface area contributed by atoms with Gasteiger partial charge in [0.05, 0.1) is 16.6 Å². The molecule has 1 aromatic carbocycles. The molecule has 1 atom stereocenters. The van der Waals surface area contributed by atoms with Gasteiger partial charge in [0.25, 0.3) is 0 Å². The van der Waals surface area contributed by atoms with Gasteiger partial charge in [0.15, 0.2) is 0 Å². The second kappa shape index (κ2) is 4.50. The third kappa shape index (κ3) is 2.05. The largest absolute Gasteiger partial charge is 0.324 e. The van der Waals surface area contributed by atoms with Gasteiger partial charge < -0.3 is 9.88 Å². The zero-order valence-corrected chi connectivity index (χ0v) is 12.5.